The Morgan fingerprint density at radius 3 is 2.40 bits per heavy atom. The number of hydrogen-bond acceptors (Lipinski definition) is 9. The van der Waals surface area contributed by atoms with Gasteiger partial charge in [0.05, 0.1) is 27.7 Å². The van der Waals surface area contributed by atoms with E-state index in [2.05, 4.69) is 25.5 Å². The van der Waals surface area contributed by atoms with Crippen molar-refractivity contribution in [2.75, 3.05) is 32.5 Å². The number of alkyl halides is 3. The first-order chi connectivity index (χ1) is 19.4. The van der Waals surface area contributed by atoms with Crippen LogP contribution < -0.4 is 15.4 Å². The van der Waals surface area contributed by atoms with Crippen molar-refractivity contribution in [1.29, 1.82) is 0 Å². The second-order valence-corrected chi connectivity index (χ2v) is 11.4. The van der Waals surface area contributed by atoms with E-state index >= 15 is 0 Å². The first kappa shape index (κ1) is 34.6. The van der Waals surface area contributed by atoms with Crippen molar-refractivity contribution in [2.24, 2.45) is 0 Å². The molecule has 0 spiro atoms. The van der Waals surface area contributed by atoms with Crippen LogP contribution in [0.25, 0.3) is 10.2 Å². The summed E-state index contributed by atoms with van der Waals surface area (Å²) in [6.45, 7) is 8.56. The maximum absolute atomic E-state index is 14.0. The van der Waals surface area contributed by atoms with E-state index in [0.29, 0.717) is 39.9 Å². The number of amides is 1. The maximum atomic E-state index is 14.0. The summed E-state index contributed by atoms with van der Waals surface area (Å²) in [4.78, 5) is 33.8. The number of halogens is 4. The molecule has 0 saturated carbocycles. The zero-order valence-electron chi connectivity index (χ0n) is 24.1. The van der Waals surface area contributed by atoms with E-state index in [1.807, 2.05) is 27.9 Å². The van der Waals surface area contributed by atoms with Crippen LogP contribution in [0.1, 0.15) is 48.8 Å². The SMILES string of the molecule is Cc1c(C(=O)NCCCN(C)C)sc2ncnc(Nc3ccc(F)cc3OC(C)CC(C)(C)O)c12.O=C(O)C(F)(F)F. The molecule has 3 aromatic rings. The minimum Gasteiger partial charge on any atom is -0.488 e. The van der Waals surface area contributed by atoms with Gasteiger partial charge in [-0.3, -0.25) is 4.79 Å². The molecule has 42 heavy (non-hydrogen) atoms. The lowest BCUT2D eigenvalue weighted by atomic mass is 10.0. The topological polar surface area (TPSA) is 137 Å². The quantitative estimate of drug-likeness (QED) is 0.171. The van der Waals surface area contributed by atoms with E-state index in [4.69, 9.17) is 14.6 Å². The Balaban J connectivity index is 0.000000782. The summed E-state index contributed by atoms with van der Waals surface area (Å²) >= 11 is 1.31. The Bertz CT molecular complexity index is 1380. The van der Waals surface area contributed by atoms with Crippen molar-refractivity contribution in [3.8, 4) is 5.75 Å². The molecule has 1 unspecified atom stereocenters. The van der Waals surface area contributed by atoms with Gasteiger partial charge in [-0.05, 0) is 72.5 Å². The first-order valence-corrected chi connectivity index (χ1v) is 13.6. The molecule has 3 rings (SSSR count). The van der Waals surface area contributed by atoms with Gasteiger partial charge in [-0.2, -0.15) is 13.2 Å². The monoisotopic (exact) mass is 617 g/mol. The Morgan fingerprint density at radius 2 is 1.83 bits per heavy atom. The van der Waals surface area contributed by atoms with Crippen molar-refractivity contribution < 1.29 is 42.1 Å². The van der Waals surface area contributed by atoms with Crippen molar-refractivity contribution in [2.45, 2.75) is 58.4 Å². The maximum Gasteiger partial charge on any atom is 0.490 e. The highest BCUT2D eigenvalue weighted by molar-refractivity contribution is 7.20. The van der Waals surface area contributed by atoms with E-state index < -0.39 is 23.6 Å². The highest BCUT2D eigenvalue weighted by Crippen LogP contribution is 2.37. The molecule has 1 amide bonds. The number of aliphatic carboxylic acids is 1. The number of carboxylic acids is 1. The number of carboxylic acid groups (broad SMARTS) is 1. The normalized spacial score (nSPS) is 12.5. The molecule has 0 radical (unpaired) electrons. The van der Waals surface area contributed by atoms with E-state index in [1.54, 1.807) is 19.9 Å². The molecule has 0 bridgehead atoms. The lowest BCUT2D eigenvalue weighted by Gasteiger charge is -2.24. The van der Waals surface area contributed by atoms with Gasteiger partial charge in [-0.1, -0.05) is 0 Å². The lowest BCUT2D eigenvalue weighted by Crippen LogP contribution is -2.28. The molecular weight excluding hydrogens is 582 g/mol. The Kier molecular flexibility index (Phi) is 12.0. The Morgan fingerprint density at radius 1 is 1.19 bits per heavy atom. The highest BCUT2D eigenvalue weighted by atomic mass is 32.1. The van der Waals surface area contributed by atoms with Crippen LogP contribution in [0.3, 0.4) is 0 Å². The van der Waals surface area contributed by atoms with Crippen LogP contribution in [0.5, 0.6) is 5.75 Å². The van der Waals surface area contributed by atoms with Gasteiger partial charge in [-0.15, -0.1) is 11.3 Å². The summed E-state index contributed by atoms with van der Waals surface area (Å²) in [5, 5.41) is 24.2. The predicted octanol–water partition coefficient (Wildman–Crippen LogP) is 5.13. The molecule has 0 fully saturated rings. The third-order valence-corrected chi connectivity index (χ3v) is 6.75. The van der Waals surface area contributed by atoms with Crippen molar-refractivity contribution >= 4 is 44.9 Å². The van der Waals surface area contributed by atoms with Gasteiger partial charge in [0, 0.05) is 19.0 Å². The molecular formula is C27H35F4N5O5S. The average Bonchev–Trinajstić information content (AvgIpc) is 3.19. The van der Waals surface area contributed by atoms with Crippen LogP contribution in [0.4, 0.5) is 29.1 Å². The minimum atomic E-state index is -5.08. The molecule has 232 valence electrons. The largest absolute Gasteiger partial charge is 0.490 e. The summed E-state index contributed by atoms with van der Waals surface area (Å²) < 4.78 is 51.7. The highest BCUT2D eigenvalue weighted by Gasteiger charge is 2.38. The smallest absolute Gasteiger partial charge is 0.488 e. The average molecular weight is 618 g/mol. The molecule has 2 aromatic heterocycles. The fraction of sp³-hybridized carbons (Fsp3) is 0.481. The Hall–Kier alpha value is -3.56. The van der Waals surface area contributed by atoms with Crippen LogP contribution in [-0.2, 0) is 4.79 Å². The number of carbonyl (C=O) groups is 2. The van der Waals surface area contributed by atoms with Gasteiger partial charge in [0.25, 0.3) is 5.91 Å². The van der Waals surface area contributed by atoms with Crippen LogP contribution in [0.15, 0.2) is 24.5 Å². The first-order valence-electron chi connectivity index (χ1n) is 12.8. The third kappa shape index (κ3) is 10.7. The number of ether oxygens (including phenoxy) is 1. The van der Waals surface area contributed by atoms with Gasteiger partial charge < -0.3 is 30.5 Å². The summed E-state index contributed by atoms with van der Waals surface area (Å²) in [5.74, 6) is -2.52. The van der Waals surface area contributed by atoms with Crippen LogP contribution >= 0.6 is 11.3 Å². The molecule has 1 aromatic carbocycles. The fourth-order valence-electron chi connectivity index (χ4n) is 3.85. The summed E-state index contributed by atoms with van der Waals surface area (Å²) in [7, 11) is 3.99. The Labute approximate surface area is 244 Å². The summed E-state index contributed by atoms with van der Waals surface area (Å²) in [6, 6.07) is 4.21. The van der Waals surface area contributed by atoms with Gasteiger partial charge in [-0.25, -0.2) is 19.2 Å². The second-order valence-electron chi connectivity index (χ2n) is 10.4. The van der Waals surface area contributed by atoms with Gasteiger partial charge in [0.2, 0.25) is 0 Å². The molecule has 0 aliphatic heterocycles. The van der Waals surface area contributed by atoms with E-state index in [0.717, 1.165) is 23.9 Å². The van der Waals surface area contributed by atoms with Crippen LogP contribution in [0, 0.1) is 12.7 Å². The van der Waals surface area contributed by atoms with E-state index in [1.165, 1.54) is 29.8 Å². The van der Waals surface area contributed by atoms with Gasteiger partial charge in [0.15, 0.2) is 0 Å². The van der Waals surface area contributed by atoms with E-state index in [9.17, 15) is 27.5 Å². The number of thiophene rings is 1. The van der Waals surface area contributed by atoms with Crippen LogP contribution in [0.2, 0.25) is 0 Å². The zero-order chi connectivity index (χ0) is 31.8. The number of aromatic nitrogens is 2. The second kappa shape index (κ2) is 14.6. The number of aliphatic hydroxyl groups is 1. The summed E-state index contributed by atoms with van der Waals surface area (Å²) in [6.07, 6.45) is -2.78. The van der Waals surface area contributed by atoms with Gasteiger partial charge >= 0.3 is 12.1 Å². The molecule has 4 N–H and O–H groups in total. The molecule has 15 heteroatoms. The molecule has 0 aliphatic carbocycles. The number of benzene rings is 1. The number of nitrogens with one attached hydrogen (secondary N) is 2. The minimum absolute atomic E-state index is 0.138. The number of hydrogen-bond donors (Lipinski definition) is 4. The van der Waals surface area contributed by atoms with Crippen molar-refractivity contribution in [3.05, 3.63) is 40.8 Å². The number of carbonyl (C=O) groups excluding carboxylic acids is 1. The van der Waals surface area contributed by atoms with Gasteiger partial charge in [0.1, 0.15) is 28.5 Å². The molecule has 0 saturated heterocycles. The number of rotatable bonds is 11. The molecule has 1 atom stereocenters. The molecule has 0 aliphatic rings. The zero-order valence-corrected chi connectivity index (χ0v) is 24.9. The third-order valence-electron chi connectivity index (χ3n) is 5.56. The standard InChI is InChI=1S/C25H34FN5O3S.C2HF3O2/c1-15(13-25(3,4)33)34-19-12-17(26)8-9-18(19)30-22-20-16(2)21(35-24(20)29-14-28-22)23(32)27-10-7-11-31(5)6;3-2(4,5)1(6)7/h8-9,12,14-15,33H,7,10-11,13H2,1-6H3,(H,27,32)(H,28,29,30);(H,6,7). The van der Waals surface area contributed by atoms with Crippen molar-refractivity contribution in [1.82, 2.24) is 20.2 Å². The van der Waals surface area contributed by atoms with Crippen LogP contribution in [-0.4, -0.2) is 82.0 Å². The van der Waals surface area contributed by atoms with Crippen molar-refractivity contribution in [3.63, 3.8) is 0 Å². The lowest BCUT2D eigenvalue weighted by molar-refractivity contribution is -0.192. The summed E-state index contributed by atoms with van der Waals surface area (Å²) in [5.41, 5.74) is 0.378. The molecule has 10 nitrogen and oxygen atoms in total. The predicted molar refractivity (Wildman–Crippen MR) is 152 cm³/mol. The number of fused-ring (bicyclic) bond motifs is 1. The number of anilines is 2. The number of nitrogens with zero attached hydrogens (tertiary/aromatic N) is 3. The fourth-order valence-corrected chi connectivity index (χ4v) is 4.91. The molecule has 2 heterocycles. The van der Waals surface area contributed by atoms with E-state index in [-0.39, 0.29) is 12.0 Å². The number of aryl methyl sites for hydroxylation is 1.